The van der Waals surface area contributed by atoms with E-state index in [0.29, 0.717) is 18.7 Å². The molecule has 0 amide bonds. The van der Waals surface area contributed by atoms with Gasteiger partial charge in [0.1, 0.15) is 17.1 Å². The number of carbonyl (C=O) groups excluding carboxylic acids is 1. The Morgan fingerprint density at radius 3 is 2.62 bits per heavy atom. The first-order chi connectivity index (χ1) is 15.2. The van der Waals surface area contributed by atoms with E-state index in [0.717, 1.165) is 25.1 Å². The van der Waals surface area contributed by atoms with Crippen molar-refractivity contribution in [3.05, 3.63) is 39.7 Å². The summed E-state index contributed by atoms with van der Waals surface area (Å²) >= 11 is 0. The average Bonchev–Trinajstić information content (AvgIpc) is 3.48. The molecule has 2 fully saturated rings. The summed E-state index contributed by atoms with van der Waals surface area (Å²) in [5, 5.41) is 9.06. The minimum Gasteiger partial charge on any atom is -0.477 e. The molecule has 0 bridgehead atoms. The summed E-state index contributed by atoms with van der Waals surface area (Å²) in [4.78, 5) is 41.5. The Morgan fingerprint density at radius 2 is 2.00 bits per heavy atom. The first-order valence-electron chi connectivity index (χ1n) is 10.4. The Balaban J connectivity index is 1.73. The molecular formula is C22H23F2N3O5. The Hall–Kier alpha value is -3.30. The number of nitrogens with zero attached hydrogens (tertiary/aromatic N) is 3. The number of aromatic nitrogens is 1. The summed E-state index contributed by atoms with van der Waals surface area (Å²) in [6, 6.07) is 0.565. The van der Waals surface area contributed by atoms with E-state index in [4.69, 9.17) is 0 Å². The smallest absolute Gasteiger partial charge is 0.341 e. The summed E-state index contributed by atoms with van der Waals surface area (Å²) in [5.74, 6) is -3.64. The number of hydrogen-bond acceptors (Lipinski definition) is 6. The molecule has 1 atom stereocenters. The SMILES string of the molecule is COC(=O)CC(C)=NC1CCN(c2c(F)cc3c(=O)c(C(=O)O)cn(C4CC4)c3c2F)C1. The van der Waals surface area contributed by atoms with Crippen LogP contribution >= 0.6 is 0 Å². The number of benzene rings is 1. The Kier molecular flexibility index (Phi) is 5.70. The summed E-state index contributed by atoms with van der Waals surface area (Å²) in [7, 11) is 1.29. The lowest BCUT2D eigenvalue weighted by molar-refractivity contribution is -0.139. The number of aromatic carboxylic acids is 1. The zero-order valence-electron chi connectivity index (χ0n) is 17.7. The molecule has 170 valence electrons. The second-order valence-corrected chi connectivity index (χ2v) is 8.24. The number of carboxylic acids is 1. The van der Waals surface area contributed by atoms with Gasteiger partial charge in [0.25, 0.3) is 0 Å². The number of methoxy groups -OCH3 is 1. The van der Waals surface area contributed by atoms with Gasteiger partial charge >= 0.3 is 11.9 Å². The number of aliphatic imine (C=N–C) groups is 1. The lowest BCUT2D eigenvalue weighted by Crippen LogP contribution is -2.25. The maximum atomic E-state index is 15.7. The van der Waals surface area contributed by atoms with Crippen LogP contribution in [-0.4, -0.2) is 53.6 Å². The summed E-state index contributed by atoms with van der Waals surface area (Å²) in [6.07, 6.45) is 3.20. The number of rotatable bonds is 6. The van der Waals surface area contributed by atoms with Crippen LogP contribution in [0.25, 0.3) is 10.9 Å². The maximum absolute atomic E-state index is 15.7. The minimum absolute atomic E-state index is 0.0469. The van der Waals surface area contributed by atoms with E-state index in [-0.39, 0.29) is 41.6 Å². The average molecular weight is 447 g/mol. The van der Waals surface area contributed by atoms with Crippen molar-refractivity contribution in [2.24, 2.45) is 4.99 Å². The monoisotopic (exact) mass is 447 g/mol. The minimum atomic E-state index is -1.43. The molecule has 0 spiro atoms. The zero-order chi connectivity index (χ0) is 23.2. The van der Waals surface area contributed by atoms with Crippen LogP contribution in [0.3, 0.4) is 0 Å². The van der Waals surface area contributed by atoms with Crippen molar-refractivity contribution >= 4 is 34.2 Å². The number of pyridine rings is 1. The number of anilines is 1. The third-order valence-electron chi connectivity index (χ3n) is 5.86. The lowest BCUT2D eigenvalue weighted by Gasteiger charge is -2.22. The molecule has 8 nitrogen and oxygen atoms in total. The molecule has 2 heterocycles. The van der Waals surface area contributed by atoms with E-state index in [1.165, 1.54) is 16.6 Å². The molecule has 4 rings (SSSR count). The highest BCUT2D eigenvalue weighted by Crippen LogP contribution is 2.40. The molecule has 2 aliphatic rings. The number of ether oxygens (including phenoxy) is 1. The molecule has 1 N–H and O–H groups in total. The third-order valence-corrected chi connectivity index (χ3v) is 5.86. The van der Waals surface area contributed by atoms with Crippen LogP contribution in [0, 0.1) is 11.6 Å². The van der Waals surface area contributed by atoms with Gasteiger partial charge in [-0.15, -0.1) is 0 Å². The van der Waals surface area contributed by atoms with Crippen LogP contribution in [0.1, 0.15) is 49.0 Å². The molecule has 1 saturated carbocycles. The van der Waals surface area contributed by atoms with Crippen molar-refractivity contribution in [1.29, 1.82) is 0 Å². The third kappa shape index (κ3) is 3.96. The number of carboxylic acid groups (broad SMARTS) is 1. The van der Waals surface area contributed by atoms with Crippen molar-refractivity contribution in [3.8, 4) is 0 Å². The number of esters is 1. The van der Waals surface area contributed by atoms with Crippen molar-refractivity contribution in [1.82, 2.24) is 4.57 Å². The number of hydrogen-bond donors (Lipinski definition) is 1. The van der Waals surface area contributed by atoms with Crippen molar-refractivity contribution in [3.63, 3.8) is 0 Å². The van der Waals surface area contributed by atoms with Gasteiger partial charge in [-0.05, 0) is 32.3 Å². The molecule has 0 radical (unpaired) electrons. The van der Waals surface area contributed by atoms with Gasteiger partial charge < -0.3 is 19.3 Å². The first-order valence-corrected chi connectivity index (χ1v) is 10.4. The van der Waals surface area contributed by atoms with E-state index in [2.05, 4.69) is 9.73 Å². The van der Waals surface area contributed by atoms with Crippen LogP contribution in [0.5, 0.6) is 0 Å². The molecule has 1 unspecified atom stereocenters. The van der Waals surface area contributed by atoms with Gasteiger partial charge in [-0.1, -0.05) is 0 Å². The molecular weight excluding hydrogens is 424 g/mol. The van der Waals surface area contributed by atoms with Crippen molar-refractivity contribution in [2.75, 3.05) is 25.1 Å². The Bertz CT molecular complexity index is 1200. The Labute approximate surface area is 182 Å². The summed E-state index contributed by atoms with van der Waals surface area (Å²) in [6.45, 7) is 2.30. The molecule has 1 aromatic carbocycles. The van der Waals surface area contributed by atoms with Gasteiger partial charge in [-0.2, -0.15) is 0 Å². The largest absolute Gasteiger partial charge is 0.477 e. The zero-order valence-corrected chi connectivity index (χ0v) is 17.7. The van der Waals surface area contributed by atoms with Gasteiger partial charge in [0.15, 0.2) is 5.82 Å². The van der Waals surface area contributed by atoms with Crippen LogP contribution in [0.2, 0.25) is 0 Å². The van der Waals surface area contributed by atoms with Gasteiger partial charge in [0, 0.05) is 31.0 Å². The van der Waals surface area contributed by atoms with E-state index in [1.807, 2.05) is 0 Å². The van der Waals surface area contributed by atoms with Crippen molar-refractivity contribution < 1.29 is 28.2 Å². The Morgan fingerprint density at radius 1 is 1.28 bits per heavy atom. The molecule has 32 heavy (non-hydrogen) atoms. The fourth-order valence-electron chi connectivity index (χ4n) is 4.20. The van der Waals surface area contributed by atoms with Crippen LogP contribution < -0.4 is 10.3 Å². The molecule has 1 saturated heterocycles. The molecule has 1 aromatic heterocycles. The molecule has 10 heteroatoms. The predicted molar refractivity (Wildman–Crippen MR) is 114 cm³/mol. The van der Waals surface area contributed by atoms with E-state index in [9.17, 15) is 19.5 Å². The maximum Gasteiger partial charge on any atom is 0.341 e. The van der Waals surface area contributed by atoms with Crippen LogP contribution in [0.15, 0.2) is 22.1 Å². The van der Waals surface area contributed by atoms with Gasteiger partial charge in [0.05, 0.1) is 30.5 Å². The highest BCUT2D eigenvalue weighted by atomic mass is 19.1. The van der Waals surface area contributed by atoms with Gasteiger partial charge in [0.2, 0.25) is 5.43 Å². The van der Waals surface area contributed by atoms with E-state index in [1.54, 1.807) is 6.92 Å². The molecule has 1 aliphatic heterocycles. The molecule has 1 aliphatic carbocycles. The molecule has 2 aromatic rings. The van der Waals surface area contributed by atoms with Crippen molar-refractivity contribution in [2.45, 2.75) is 44.7 Å². The highest BCUT2D eigenvalue weighted by Gasteiger charge is 2.33. The lowest BCUT2D eigenvalue weighted by atomic mass is 10.1. The van der Waals surface area contributed by atoms with E-state index < -0.39 is 34.6 Å². The quantitative estimate of drug-likeness (QED) is 0.540. The van der Waals surface area contributed by atoms with Crippen LogP contribution in [0.4, 0.5) is 14.5 Å². The fourth-order valence-corrected chi connectivity index (χ4v) is 4.20. The van der Waals surface area contributed by atoms with E-state index >= 15 is 8.78 Å². The predicted octanol–water partition coefficient (Wildman–Crippen LogP) is 2.92. The van der Waals surface area contributed by atoms with Gasteiger partial charge in [-0.25, -0.2) is 13.6 Å². The number of fused-ring (bicyclic) bond motifs is 1. The second-order valence-electron chi connectivity index (χ2n) is 8.24. The number of halogens is 2. The fraction of sp³-hybridized carbons (Fsp3) is 0.455. The first kappa shape index (κ1) is 21.9. The second kappa shape index (κ2) is 8.33. The normalized spacial score (nSPS) is 18.9. The summed E-state index contributed by atoms with van der Waals surface area (Å²) in [5.41, 5.74) is -1.17. The highest BCUT2D eigenvalue weighted by molar-refractivity contribution is 5.97. The standard InChI is InChI=1S/C22H23F2N3O5/c1-11(7-17(28)32-2)25-12-5-6-26(9-12)20-16(23)8-14-19(18(20)24)27(13-3-4-13)10-15(21(14)29)22(30)31/h8,10,12-13H,3-7,9H2,1-2H3,(H,30,31). The number of carbonyl (C=O) groups is 2. The summed E-state index contributed by atoms with van der Waals surface area (Å²) < 4.78 is 36.8. The van der Waals surface area contributed by atoms with Gasteiger partial charge in [-0.3, -0.25) is 14.6 Å². The topological polar surface area (TPSA) is 101 Å². The van der Waals surface area contributed by atoms with Crippen LogP contribution in [-0.2, 0) is 9.53 Å².